The normalized spacial score (nSPS) is 11.9. The summed E-state index contributed by atoms with van der Waals surface area (Å²) >= 11 is 0. The minimum absolute atomic E-state index is 0.149. The number of methoxy groups -OCH3 is 1. The van der Waals surface area contributed by atoms with Gasteiger partial charge in [-0.15, -0.1) is 0 Å². The molecule has 0 radical (unpaired) electrons. The Morgan fingerprint density at radius 2 is 2.35 bits per heavy atom. The summed E-state index contributed by atoms with van der Waals surface area (Å²) in [6, 6.07) is 3.31. The lowest BCUT2D eigenvalue weighted by atomic mass is 10.2. The van der Waals surface area contributed by atoms with Gasteiger partial charge in [0.15, 0.2) is 0 Å². The van der Waals surface area contributed by atoms with Gasteiger partial charge < -0.3 is 15.5 Å². The minimum atomic E-state index is -0.149. The van der Waals surface area contributed by atoms with Crippen LogP contribution in [0, 0.1) is 5.92 Å². The number of hydrogen-bond acceptors (Lipinski definition) is 5. The molecule has 0 fully saturated rings. The second-order valence-electron chi connectivity index (χ2n) is 3.85. The average molecular weight is 238 g/mol. The molecule has 4 N–H and O–H groups in total. The predicted octanol–water partition coefficient (Wildman–Crippen LogP) is 0.380. The van der Waals surface area contributed by atoms with Crippen LogP contribution in [0.1, 0.15) is 17.3 Å². The van der Waals surface area contributed by atoms with Crippen LogP contribution in [0.5, 0.6) is 0 Å². The van der Waals surface area contributed by atoms with Crippen LogP contribution in [0.2, 0.25) is 0 Å². The summed E-state index contributed by atoms with van der Waals surface area (Å²) in [7, 11) is 1.64. The lowest BCUT2D eigenvalue weighted by Gasteiger charge is -2.11. The Bertz CT molecular complexity index is 353. The van der Waals surface area contributed by atoms with E-state index in [1.165, 1.54) is 6.20 Å². The summed E-state index contributed by atoms with van der Waals surface area (Å²) in [5, 5.41) is 2.81. The Balaban J connectivity index is 2.46. The molecule has 0 saturated heterocycles. The van der Waals surface area contributed by atoms with Gasteiger partial charge in [0, 0.05) is 19.9 Å². The molecule has 0 aliphatic rings. The number of carbonyl (C=O) groups is 1. The smallest absolute Gasteiger partial charge is 0.252 e. The molecule has 0 saturated carbocycles. The summed E-state index contributed by atoms with van der Waals surface area (Å²) in [4.78, 5) is 15.7. The van der Waals surface area contributed by atoms with Crippen LogP contribution in [0.25, 0.3) is 0 Å². The van der Waals surface area contributed by atoms with Crippen molar-refractivity contribution in [3.05, 3.63) is 23.9 Å². The number of pyridine rings is 1. The molecule has 6 nitrogen and oxygen atoms in total. The highest BCUT2D eigenvalue weighted by Crippen LogP contribution is 2.03. The highest BCUT2D eigenvalue weighted by molar-refractivity contribution is 5.94. The number of aromatic nitrogens is 1. The molecule has 0 spiro atoms. The third kappa shape index (κ3) is 4.38. The number of nitrogen functional groups attached to an aromatic ring is 1. The van der Waals surface area contributed by atoms with Crippen molar-refractivity contribution in [2.24, 2.45) is 11.8 Å². The van der Waals surface area contributed by atoms with E-state index in [2.05, 4.69) is 15.7 Å². The van der Waals surface area contributed by atoms with Crippen molar-refractivity contribution in [3.63, 3.8) is 0 Å². The summed E-state index contributed by atoms with van der Waals surface area (Å²) < 4.78 is 4.99. The molecule has 94 valence electrons. The highest BCUT2D eigenvalue weighted by atomic mass is 16.5. The van der Waals surface area contributed by atoms with Crippen LogP contribution in [0.15, 0.2) is 18.3 Å². The maximum Gasteiger partial charge on any atom is 0.252 e. The first-order chi connectivity index (χ1) is 8.17. The van der Waals surface area contributed by atoms with Gasteiger partial charge in [-0.25, -0.2) is 10.8 Å². The van der Waals surface area contributed by atoms with Crippen LogP contribution in [-0.2, 0) is 4.74 Å². The number of ether oxygens (including phenoxy) is 1. The number of hydrogen-bond donors (Lipinski definition) is 3. The predicted molar refractivity (Wildman–Crippen MR) is 65.4 cm³/mol. The molecule has 1 rings (SSSR count). The first kappa shape index (κ1) is 13.4. The van der Waals surface area contributed by atoms with E-state index in [4.69, 9.17) is 10.6 Å². The molecule has 1 unspecified atom stereocenters. The van der Waals surface area contributed by atoms with Crippen molar-refractivity contribution in [2.75, 3.05) is 25.7 Å². The van der Waals surface area contributed by atoms with E-state index >= 15 is 0 Å². The van der Waals surface area contributed by atoms with Crippen molar-refractivity contribution in [2.45, 2.75) is 6.92 Å². The zero-order chi connectivity index (χ0) is 12.7. The third-order valence-electron chi connectivity index (χ3n) is 2.24. The Hall–Kier alpha value is -1.66. The van der Waals surface area contributed by atoms with Crippen LogP contribution in [0.3, 0.4) is 0 Å². The van der Waals surface area contributed by atoms with Crippen molar-refractivity contribution in [3.8, 4) is 0 Å². The molecular formula is C11H18N4O2. The first-order valence-electron chi connectivity index (χ1n) is 5.37. The average Bonchev–Trinajstić information content (AvgIpc) is 2.36. The fourth-order valence-electron chi connectivity index (χ4n) is 1.33. The van der Waals surface area contributed by atoms with E-state index in [1.54, 1.807) is 19.2 Å². The van der Waals surface area contributed by atoms with Gasteiger partial charge in [0.05, 0.1) is 12.2 Å². The van der Waals surface area contributed by atoms with E-state index in [0.717, 1.165) is 0 Å². The molecule has 1 heterocycles. The summed E-state index contributed by atoms with van der Waals surface area (Å²) in [5.41, 5.74) is 2.91. The standard InChI is InChI=1S/C11H18N4O2/c1-8(7-17-2)5-14-11(16)9-3-4-10(15-12)13-6-9/h3-4,6,8H,5,7,12H2,1-2H3,(H,13,15)(H,14,16). The fraction of sp³-hybridized carbons (Fsp3) is 0.455. The summed E-state index contributed by atoms with van der Waals surface area (Å²) in [5.74, 6) is 5.83. The number of rotatable bonds is 6. The monoisotopic (exact) mass is 238 g/mol. The maximum atomic E-state index is 11.7. The number of anilines is 1. The third-order valence-corrected chi connectivity index (χ3v) is 2.24. The number of nitrogens with two attached hydrogens (primary N) is 1. The van der Waals surface area contributed by atoms with Crippen molar-refractivity contribution in [1.82, 2.24) is 10.3 Å². The lowest BCUT2D eigenvalue weighted by molar-refractivity contribution is 0.0934. The second-order valence-corrected chi connectivity index (χ2v) is 3.85. The van der Waals surface area contributed by atoms with Gasteiger partial charge in [-0.3, -0.25) is 4.79 Å². The Kier molecular flexibility index (Phi) is 5.38. The van der Waals surface area contributed by atoms with Gasteiger partial charge in [0.2, 0.25) is 0 Å². The molecule has 17 heavy (non-hydrogen) atoms. The van der Waals surface area contributed by atoms with Crippen LogP contribution in [0.4, 0.5) is 5.82 Å². The van der Waals surface area contributed by atoms with Crippen molar-refractivity contribution < 1.29 is 9.53 Å². The van der Waals surface area contributed by atoms with E-state index in [1.807, 2.05) is 6.92 Å². The molecule has 6 heteroatoms. The van der Waals surface area contributed by atoms with Gasteiger partial charge >= 0.3 is 0 Å². The zero-order valence-corrected chi connectivity index (χ0v) is 10.1. The molecule has 0 bridgehead atoms. The number of hydrazine groups is 1. The van der Waals surface area contributed by atoms with Gasteiger partial charge in [-0.2, -0.15) is 0 Å². The molecule has 1 aromatic rings. The first-order valence-corrected chi connectivity index (χ1v) is 5.37. The van der Waals surface area contributed by atoms with E-state index < -0.39 is 0 Å². The highest BCUT2D eigenvalue weighted by Gasteiger charge is 2.08. The maximum absolute atomic E-state index is 11.7. The van der Waals surface area contributed by atoms with Crippen LogP contribution < -0.4 is 16.6 Å². The molecule has 1 aromatic heterocycles. The number of nitrogens with zero attached hydrogens (tertiary/aromatic N) is 1. The van der Waals surface area contributed by atoms with Gasteiger partial charge in [-0.05, 0) is 18.1 Å². The molecule has 1 atom stereocenters. The second kappa shape index (κ2) is 6.82. The Labute approximate surface area is 101 Å². The van der Waals surface area contributed by atoms with E-state index in [0.29, 0.717) is 24.5 Å². The summed E-state index contributed by atoms with van der Waals surface area (Å²) in [6.07, 6.45) is 1.48. The largest absolute Gasteiger partial charge is 0.384 e. The summed E-state index contributed by atoms with van der Waals surface area (Å²) in [6.45, 7) is 3.20. The zero-order valence-electron chi connectivity index (χ0n) is 10.1. The van der Waals surface area contributed by atoms with Gasteiger partial charge in [0.25, 0.3) is 5.91 Å². The molecule has 1 amide bonds. The minimum Gasteiger partial charge on any atom is -0.384 e. The number of carbonyl (C=O) groups excluding carboxylic acids is 1. The topological polar surface area (TPSA) is 89.3 Å². The van der Waals surface area contributed by atoms with Crippen LogP contribution >= 0.6 is 0 Å². The van der Waals surface area contributed by atoms with Gasteiger partial charge in [-0.1, -0.05) is 6.92 Å². The Morgan fingerprint density at radius 1 is 1.59 bits per heavy atom. The van der Waals surface area contributed by atoms with Crippen molar-refractivity contribution >= 4 is 11.7 Å². The molecule has 0 aliphatic carbocycles. The van der Waals surface area contributed by atoms with E-state index in [9.17, 15) is 4.79 Å². The number of amides is 1. The van der Waals surface area contributed by atoms with Gasteiger partial charge in [0.1, 0.15) is 5.82 Å². The van der Waals surface area contributed by atoms with Crippen molar-refractivity contribution in [1.29, 1.82) is 0 Å². The fourth-order valence-corrected chi connectivity index (χ4v) is 1.33. The lowest BCUT2D eigenvalue weighted by Crippen LogP contribution is -2.30. The SMILES string of the molecule is COCC(C)CNC(=O)c1ccc(NN)nc1. The van der Waals surface area contributed by atoms with Crippen LogP contribution in [-0.4, -0.2) is 31.2 Å². The quantitative estimate of drug-likeness (QED) is 0.492. The van der Waals surface area contributed by atoms with E-state index in [-0.39, 0.29) is 11.8 Å². The Morgan fingerprint density at radius 3 is 2.88 bits per heavy atom. The molecule has 0 aliphatic heterocycles. The molecule has 0 aromatic carbocycles. The number of nitrogens with one attached hydrogen (secondary N) is 2. The molecular weight excluding hydrogens is 220 g/mol.